The average Bonchev–Trinajstić information content (AvgIpc) is 2.29. The molecule has 0 saturated heterocycles. The Kier molecular flexibility index (Phi) is 5.26. The van der Waals surface area contributed by atoms with E-state index >= 15 is 0 Å². The summed E-state index contributed by atoms with van der Waals surface area (Å²) in [5.41, 5.74) is 7.07. The van der Waals surface area contributed by atoms with Crippen molar-refractivity contribution >= 4 is 11.5 Å². The van der Waals surface area contributed by atoms with Crippen LogP contribution in [0, 0.1) is 5.92 Å². The smallest absolute Gasteiger partial charge is 0.146 e. The lowest BCUT2D eigenvalue weighted by Crippen LogP contribution is -2.38. The van der Waals surface area contributed by atoms with Gasteiger partial charge in [-0.1, -0.05) is 27.7 Å². The number of nitrogen functional groups attached to an aromatic ring is 1. The Hall–Kier alpha value is -1.25. The molecule has 0 aliphatic heterocycles. The van der Waals surface area contributed by atoms with Crippen molar-refractivity contribution in [1.29, 1.82) is 0 Å². The molecule has 0 atom stereocenters. The van der Waals surface area contributed by atoms with Crippen molar-refractivity contribution in [3.63, 3.8) is 0 Å². The lowest BCUT2D eigenvalue weighted by atomic mass is 10.1. The Bertz CT molecular complexity index is 332. The number of rotatable bonds is 6. The van der Waals surface area contributed by atoms with E-state index in [4.69, 9.17) is 5.73 Å². The zero-order valence-corrected chi connectivity index (χ0v) is 11.5. The van der Waals surface area contributed by atoms with Crippen LogP contribution in [0.4, 0.5) is 11.5 Å². The predicted octanol–water partition coefficient (Wildman–Crippen LogP) is 3.31. The summed E-state index contributed by atoms with van der Waals surface area (Å²) >= 11 is 0. The van der Waals surface area contributed by atoms with Gasteiger partial charge in [0.2, 0.25) is 0 Å². The zero-order valence-electron chi connectivity index (χ0n) is 11.5. The number of aromatic nitrogens is 1. The van der Waals surface area contributed by atoms with Gasteiger partial charge in [-0.05, 0) is 30.9 Å². The standard InChI is InChI=1S/C14H25N3/c1-5-12(6-2)17(10-11(3)4)13-8-7-9-16-14(13)15/h7-9,11-12H,5-6,10H2,1-4H3,(H2,15,16). The van der Waals surface area contributed by atoms with E-state index in [9.17, 15) is 0 Å². The minimum Gasteiger partial charge on any atom is -0.382 e. The first-order chi connectivity index (χ1) is 8.10. The number of pyridine rings is 1. The number of nitrogens with zero attached hydrogens (tertiary/aromatic N) is 2. The molecule has 0 unspecified atom stereocenters. The van der Waals surface area contributed by atoms with Crippen LogP contribution >= 0.6 is 0 Å². The molecule has 96 valence electrons. The van der Waals surface area contributed by atoms with Crippen molar-refractivity contribution in [2.45, 2.75) is 46.6 Å². The third kappa shape index (κ3) is 3.62. The van der Waals surface area contributed by atoms with Crippen LogP contribution in [-0.4, -0.2) is 17.6 Å². The summed E-state index contributed by atoms with van der Waals surface area (Å²) in [5.74, 6) is 1.26. The van der Waals surface area contributed by atoms with Gasteiger partial charge in [0.05, 0.1) is 5.69 Å². The first-order valence-corrected chi connectivity index (χ1v) is 6.57. The van der Waals surface area contributed by atoms with Gasteiger partial charge in [0, 0.05) is 18.8 Å². The Balaban J connectivity index is 3.01. The molecule has 3 nitrogen and oxygen atoms in total. The summed E-state index contributed by atoms with van der Waals surface area (Å²) in [6.07, 6.45) is 4.02. The molecule has 0 aliphatic rings. The van der Waals surface area contributed by atoms with Gasteiger partial charge < -0.3 is 10.6 Å². The highest BCUT2D eigenvalue weighted by Crippen LogP contribution is 2.25. The first kappa shape index (κ1) is 13.8. The lowest BCUT2D eigenvalue weighted by molar-refractivity contribution is 0.507. The second-order valence-corrected chi connectivity index (χ2v) is 4.92. The van der Waals surface area contributed by atoms with Crippen molar-refractivity contribution in [3.8, 4) is 0 Å². The van der Waals surface area contributed by atoms with Gasteiger partial charge in [-0.15, -0.1) is 0 Å². The Morgan fingerprint density at radius 3 is 2.41 bits per heavy atom. The van der Waals surface area contributed by atoms with Crippen LogP contribution < -0.4 is 10.6 Å². The lowest BCUT2D eigenvalue weighted by Gasteiger charge is -2.34. The van der Waals surface area contributed by atoms with Crippen LogP contribution in [-0.2, 0) is 0 Å². The van der Waals surface area contributed by atoms with Gasteiger partial charge in [-0.3, -0.25) is 0 Å². The molecule has 0 spiro atoms. The summed E-state index contributed by atoms with van der Waals surface area (Å²) < 4.78 is 0. The highest BCUT2D eigenvalue weighted by molar-refractivity contribution is 5.63. The van der Waals surface area contributed by atoms with Crippen LogP contribution in [0.5, 0.6) is 0 Å². The van der Waals surface area contributed by atoms with Crippen molar-refractivity contribution < 1.29 is 0 Å². The molecule has 1 aromatic heterocycles. The third-order valence-corrected chi connectivity index (χ3v) is 3.07. The molecule has 0 amide bonds. The Morgan fingerprint density at radius 2 is 1.94 bits per heavy atom. The summed E-state index contributed by atoms with van der Waals surface area (Å²) in [4.78, 5) is 6.60. The number of hydrogen-bond acceptors (Lipinski definition) is 3. The van der Waals surface area contributed by atoms with Crippen molar-refractivity contribution in [2.75, 3.05) is 17.2 Å². The predicted molar refractivity (Wildman–Crippen MR) is 75.2 cm³/mol. The molecule has 1 heterocycles. The fraction of sp³-hybridized carbons (Fsp3) is 0.643. The molecule has 0 bridgehead atoms. The molecule has 0 saturated carbocycles. The van der Waals surface area contributed by atoms with E-state index in [-0.39, 0.29) is 0 Å². The number of hydrogen-bond donors (Lipinski definition) is 1. The van der Waals surface area contributed by atoms with Gasteiger partial charge in [-0.2, -0.15) is 0 Å². The maximum Gasteiger partial charge on any atom is 0.146 e. The van der Waals surface area contributed by atoms with Crippen LogP contribution in [0.25, 0.3) is 0 Å². The van der Waals surface area contributed by atoms with Crippen LogP contribution in [0.3, 0.4) is 0 Å². The van der Waals surface area contributed by atoms with Gasteiger partial charge >= 0.3 is 0 Å². The highest BCUT2D eigenvalue weighted by atomic mass is 15.2. The third-order valence-electron chi connectivity index (χ3n) is 3.07. The SMILES string of the molecule is CCC(CC)N(CC(C)C)c1cccnc1N. The molecule has 3 heteroatoms. The van der Waals surface area contributed by atoms with E-state index in [0.717, 1.165) is 25.1 Å². The molecular weight excluding hydrogens is 210 g/mol. The van der Waals surface area contributed by atoms with Crippen LogP contribution in [0.2, 0.25) is 0 Å². The second kappa shape index (κ2) is 6.48. The summed E-state index contributed by atoms with van der Waals surface area (Å²) in [6, 6.07) is 4.58. The minimum absolute atomic E-state index is 0.545. The van der Waals surface area contributed by atoms with E-state index in [1.54, 1.807) is 6.20 Å². The maximum atomic E-state index is 5.99. The van der Waals surface area contributed by atoms with E-state index in [2.05, 4.69) is 43.6 Å². The minimum atomic E-state index is 0.545. The van der Waals surface area contributed by atoms with Crippen molar-refractivity contribution in [2.24, 2.45) is 5.92 Å². The van der Waals surface area contributed by atoms with E-state index < -0.39 is 0 Å². The van der Waals surface area contributed by atoms with Gasteiger partial charge in [0.1, 0.15) is 5.82 Å². The Labute approximate surface area is 105 Å². The van der Waals surface area contributed by atoms with E-state index in [1.165, 1.54) is 0 Å². The second-order valence-electron chi connectivity index (χ2n) is 4.92. The van der Waals surface area contributed by atoms with Gasteiger partial charge in [0.25, 0.3) is 0 Å². The van der Waals surface area contributed by atoms with Gasteiger partial charge in [0.15, 0.2) is 0 Å². The maximum absolute atomic E-state index is 5.99. The van der Waals surface area contributed by atoms with Gasteiger partial charge in [-0.25, -0.2) is 4.98 Å². The average molecular weight is 235 g/mol. The monoisotopic (exact) mass is 235 g/mol. The fourth-order valence-electron chi connectivity index (χ4n) is 2.22. The molecule has 0 fully saturated rings. The summed E-state index contributed by atoms with van der Waals surface area (Å²) in [6.45, 7) is 9.97. The molecule has 0 radical (unpaired) electrons. The summed E-state index contributed by atoms with van der Waals surface area (Å²) in [5, 5.41) is 0. The van der Waals surface area contributed by atoms with E-state index in [1.807, 2.05) is 6.07 Å². The molecule has 0 aromatic carbocycles. The molecule has 1 rings (SSSR count). The highest BCUT2D eigenvalue weighted by Gasteiger charge is 2.18. The van der Waals surface area contributed by atoms with Crippen LogP contribution in [0.15, 0.2) is 18.3 Å². The zero-order chi connectivity index (χ0) is 12.8. The topological polar surface area (TPSA) is 42.2 Å². The quantitative estimate of drug-likeness (QED) is 0.822. The molecule has 1 aromatic rings. The number of nitrogens with two attached hydrogens (primary N) is 1. The van der Waals surface area contributed by atoms with Crippen LogP contribution in [0.1, 0.15) is 40.5 Å². The molecule has 2 N–H and O–H groups in total. The number of anilines is 2. The van der Waals surface area contributed by atoms with Crippen molar-refractivity contribution in [3.05, 3.63) is 18.3 Å². The largest absolute Gasteiger partial charge is 0.382 e. The van der Waals surface area contributed by atoms with Crippen molar-refractivity contribution in [1.82, 2.24) is 4.98 Å². The summed E-state index contributed by atoms with van der Waals surface area (Å²) in [7, 11) is 0. The normalized spacial score (nSPS) is 11.2. The van der Waals surface area contributed by atoms with E-state index in [0.29, 0.717) is 17.8 Å². The Morgan fingerprint density at radius 1 is 1.29 bits per heavy atom. The first-order valence-electron chi connectivity index (χ1n) is 6.57. The fourth-order valence-corrected chi connectivity index (χ4v) is 2.22. The molecule has 17 heavy (non-hydrogen) atoms. The molecular formula is C14H25N3. The molecule has 0 aliphatic carbocycles.